The molecule has 0 bridgehead atoms. The molecule has 3 heteroatoms. The SMILES string of the molecule is Cc1cccc(C(=O)Cc2cnccc2N)c1. The summed E-state index contributed by atoms with van der Waals surface area (Å²) in [5.41, 5.74) is 8.97. The summed E-state index contributed by atoms with van der Waals surface area (Å²) in [7, 11) is 0. The molecule has 3 nitrogen and oxygen atoms in total. The van der Waals surface area contributed by atoms with Crippen molar-refractivity contribution in [3.05, 3.63) is 59.4 Å². The van der Waals surface area contributed by atoms with Crippen molar-refractivity contribution in [2.75, 3.05) is 5.73 Å². The first kappa shape index (κ1) is 11.3. The summed E-state index contributed by atoms with van der Waals surface area (Å²) in [6, 6.07) is 9.26. The zero-order valence-corrected chi connectivity index (χ0v) is 9.68. The summed E-state index contributed by atoms with van der Waals surface area (Å²) in [5.74, 6) is 0.0633. The fraction of sp³-hybridized carbons (Fsp3) is 0.143. The highest BCUT2D eigenvalue weighted by Gasteiger charge is 2.09. The highest BCUT2D eigenvalue weighted by atomic mass is 16.1. The molecule has 0 amide bonds. The van der Waals surface area contributed by atoms with Gasteiger partial charge in [-0.1, -0.05) is 23.8 Å². The van der Waals surface area contributed by atoms with Crippen LogP contribution in [0.2, 0.25) is 0 Å². The molecule has 2 rings (SSSR count). The monoisotopic (exact) mass is 226 g/mol. The Morgan fingerprint density at radius 3 is 2.88 bits per heavy atom. The number of nitrogen functional groups attached to an aromatic ring is 1. The quantitative estimate of drug-likeness (QED) is 0.817. The van der Waals surface area contributed by atoms with E-state index in [0.717, 1.165) is 11.1 Å². The maximum absolute atomic E-state index is 12.0. The molecular weight excluding hydrogens is 212 g/mol. The summed E-state index contributed by atoms with van der Waals surface area (Å²) in [4.78, 5) is 16.0. The zero-order chi connectivity index (χ0) is 12.3. The van der Waals surface area contributed by atoms with Crippen LogP contribution in [0.4, 0.5) is 5.69 Å². The third-order valence-electron chi connectivity index (χ3n) is 2.63. The lowest BCUT2D eigenvalue weighted by Crippen LogP contribution is -2.06. The first-order chi connectivity index (χ1) is 8.16. The van der Waals surface area contributed by atoms with E-state index in [1.807, 2.05) is 31.2 Å². The average Bonchev–Trinajstić information content (AvgIpc) is 2.32. The van der Waals surface area contributed by atoms with Crippen molar-refractivity contribution in [3.8, 4) is 0 Å². The lowest BCUT2D eigenvalue weighted by molar-refractivity contribution is 0.0993. The van der Waals surface area contributed by atoms with Crippen LogP contribution in [-0.4, -0.2) is 10.8 Å². The molecule has 0 fully saturated rings. The normalized spacial score (nSPS) is 10.2. The largest absolute Gasteiger partial charge is 0.398 e. The van der Waals surface area contributed by atoms with Gasteiger partial charge in [-0.15, -0.1) is 0 Å². The molecule has 1 aromatic heterocycles. The molecule has 0 saturated heterocycles. The third kappa shape index (κ3) is 2.69. The molecule has 0 aliphatic rings. The highest BCUT2D eigenvalue weighted by Crippen LogP contribution is 2.13. The number of carbonyl (C=O) groups is 1. The number of Topliss-reactive ketones (excluding diaryl/α,β-unsaturated/α-hetero) is 1. The van der Waals surface area contributed by atoms with Crippen molar-refractivity contribution >= 4 is 11.5 Å². The number of carbonyl (C=O) groups excluding carboxylic acids is 1. The highest BCUT2D eigenvalue weighted by molar-refractivity contribution is 5.98. The van der Waals surface area contributed by atoms with Gasteiger partial charge in [-0.2, -0.15) is 0 Å². The molecule has 1 aromatic carbocycles. The number of benzene rings is 1. The van der Waals surface area contributed by atoms with E-state index in [4.69, 9.17) is 5.73 Å². The van der Waals surface area contributed by atoms with Crippen LogP contribution in [0.15, 0.2) is 42.7 Å². The van der Waals surface area contributed by atoms with Crippen LogP contribution in [0.1, 0.15) is 21.5 Å². The third-order valence-corrected chi connectivity index (χ3v) is 2.63. The van der Waals surface area contributed by atoms with Crippen LogP contribution in [0.25, 0.3) is 0 Å². The molecule has 17 heavy (non-hydrogen) atoms. The second-order valence-corrected chi connectivity index (χ2v) is 4.04. The number of ketones is 1. The number of pyridine rings is 1. The number of nitrogens with zero attached hydrogens (tertiary/aromatic N) is 1. The van der Waals surface area contributed by atoms with Gasteiger partial charge < -0.3 is 5.73 Å². The van der Waals surface area contributed by atoms with E-state index in [0.29, 0.717) is 17.7 Å². The van der Waals surface area contributed by atoms with E-state index in [-0.39, 0.29) is 5.78 Å². The fourth-order valence-corrected chi connectivity index (χ4v) is 1.68. The van der Waals surface area contributed by atoms with Crippen molar-refractivity contribution in [2.45, 2.75) is 13.3 Å². The van der Waals surface area contributed by atoms with Crippen molar-refractivity contribution in [2.24, 2.45) is 0 Å². The Kier molecular flexibility index (Phi) is 3.19. The fourth-order valence-electron chi connectivity index (χ4n) is 1.68. The van der Waals surface area contributed by atoms with E-state index in [2.05, 4.69) is 4.98 Å². The van der Waals surface area contributed by atoms with Gasteiger partial charge in [-0.25, -0.2) is 0 Å². The summed E-state index contributed by atoms with van der Waals surface area (Å²) in [6.45, 7) is 1.97. The van der Waals surface area contributed by atoms with Crippen LogP contribution < -0.4 is 5.73 Å². The van der Waals surface area contributed by atoms with Gasteiger partial charge in [0.1, 0.15) is 0 Å². The number of nitrogens with two attached hydrogens (primary N) is 1. The first-order valence-electron chi connectivity index (χ1n) is 5.45. The van der Waals surface area contributed by atoms with Crippen molar-refractivity contribution < 1.29 is 4.79 Å². The number of hydrogen-bond donors (Lipinski definition) is 1. The number of aryl methyl sites for hydroxylation is 1. The molecule has 2 aromatic rings. The smallest absolute Gasteiger partial charge is 0.167 e. The van der Waals surface area contributed by atoms with Crippen molar-refractivity contribution in [3.63, 3.8) is 0 Å². The van der Waals surface area contributed by atoms with Crippen LogP contribution in [0, 0.1) is 6.92 Å². The van der Waals surface area contributed by atoms with Gasteiger partial charge in [-0.3, -0.25) is 9.78 Å². The molecule has 0 saturated carbocycles. The Balaban J connectivity index is 2.20. The van der Waals surface area contributed by atoms with E-state index in [1.54, 1.807) is 18.5 Å². The second-order valence-electron chi connectivity index (χ2n) is 4.04. The Hall–Kier alpha value is -2.16. The number of anilines is 1. The topological polar surface area (TPSA) is 56.0 Å². The van der Waals surface area contributed by atoms with E-state index >= 15 is 0 Å². The Labute approximate surface area is 100 Å². The lowest BCUT2D eigenvalue weighted by Gasteiger charge is -2.04. The molecule has 2 N–H and O–H groups in total. The standard InChI is InChI=1S/C14H14N2O/c1-10-3-2-4-11(7-10)14(17)8-12-9-16-6-5-13(12)15/h2-7,9H,8H2,1H3,(H2,15,16). The molecule has 0 unspecified atom stereocenters. The van der Waals surface area contributed by atoms with Crippen LogP contribution in [-0.2, 0) is 6.42 Å². The van der Waals surface area contributed by atoms with Crippen molar-refractivity contribution in [1.82, 2.24) is 4.98 Å². The predicted molar refractivity (Wildman–Crippen MR) is 67.9 cm³/mol. The molecule has 0 radical (unpaired) electrons. The lowest BCUT2D eigenvalue weighted by atomic mass is 10.0. The van der Waals surface area contributed by atoms with E-state index in [1.165, 1.54) is 0 Å². The van der Waals surface area contributed by atoms with Crippen LogP contribution >= 0.6 is 0 Å². The van der Waals surface area contributed by atoms with Gasteiger partial charge in [0.2, 0.25) is 0 Å². The zero-order valence-electron chi connectivity index (χ0n) is 9.68. The predicted octanol–water partition coefficient (Wildman–Crippen LogP) is 2.40. The Morgan fingerprint density at radius 2 is 2.18 bits per heavy atom. The van der Waals surface area contributed by atoms with Gasteiger partial charge >= 0.3 is 0 Å². The summed E-state index contributed by atoms with van der Waals surface area (Å²) >= 11 is 0. The minimum absolute atomic E-state index is 0.0633. The maximum atomic E-state index is 12.0. The maximum Gasteiger partial charge on any atom is 0.167 e. The molecular formula is C14H14N2O. The Bertz CT molecular complexity index is 549. The summed E-state index contributed by atoms with van der Waals surface area (Å²) < 4.78 is 0. The van der Waals surface area contributed by atoms with Gasteiger partial charge in [0.25, 0.3) is 0 Å². The Morgan fingerprint density at radius 1 is 1.35 bits per heavy atom. The minimum Gasteiger partial charge on any atom is -0.398 e. The van der Waals surface area contributed by atoms with E-state index < -0.39 is 0 Å². The van der Waals surface area contributed by atoms with E-state index in [9.17, 15) is 4.79 Å². The molecule has 0 aliphatic heterocycles. The average molecular weight is 226 g/mol. The number of rotatable bonds is 3. The first-order valence-corrected chi connectivity index (χ1v) is 5.45. The summed E-state index contributed by atoms with van der Waals surface area (Å²) in [5, 5.41) is 0. The number of hydrogen-bond acceptors (Lipinski definition) is 3. The van der Waals surface area contributed by atoms with Crippen LogP contribution in [0.5, 0.6) is 0 Å². The van der Waals surface area contributed by atoms with Gasteiger partial charge in [0, 0.05) is 35.6 Å². The molecule has 86 valence electrons. The van der Waals surface area contributed by atoms with Crippen LogP contribution in [0.3, 0.4) is 0 Å². The van der Waals surface area contributed by atoms with Gasteiger partial charge in [0.15, 0.2) is 5.78 Å². The summed E-state index contributed by atoms with van der Waals surface area (Å²) in [6.07, 6.45) is 3.56. The van der Waals surface area contributed by atoms with Gasteiger partial charge in [0.05, 0.1) is 0 Å². The number of aromatic nitrogens is 1. The molecule has 1 heterocycles. The van der Waals surface area contributed by atoms with Gasteiger partial charge in [-0.05, 0) is 19.1 Å². The molecule has 0 atom stereocenters. The molecule has 0 aliphatic carbocycles. The van der Waals surface area contributed by atoms with Crippen molar-refractivity contribution in [1.29, 1.82) is 0 Å². The molecule has 0 spiro atoms. The second kappa shape index (κ2) is 4.78. The minimum atomic E-state index is 0.0633.